The highest BCUT2D eigenvalue weighted by Gasteiger charge is 2.05. The molecule has 0 saturated carbocycles. The first-order chi connectivity index (χ1) is 9.72. The molecular formula is C15H14BrNO3. The van der Waals surface area contributed by atoms with Gasteiger partial charge in [-0.3, -0.25) is 4.79 Å². The largest absolute Gasteiger partial charge is 0.493 e. The second-order valence-electron chi connectivity index (χ2n) is 3.96. The summed E-state index contributed by atoms with van der Waals surface area (Å²) in [6, 6.07) is 14.6. The molecule has 2 aromatic rings. The monoisotopic (exact) mass is 335 g/mol. The van der Waals surface area contributed by atoms with E-state index in [0.29, 0.717) is 17.2 Å². The highest BCUT2D eigenvalue weighted by Crippen LogP contribution is 2.31. The number of nitrogens with one attached hydrogen (secondary N) is 1. The molecular weight excluding hydrogens is 322 g/mol. The SMILES string of the molecule is COc1ccccc1Oc1ccc(NC(=O)CBr)cc1. The Hall–Kier alpha value is -2.01. The van der Waals surface area contributed by atoms with Gasteiger partial charge in [-0.05, 0) is 36.4 Å². The molecule has 4 nitrogen and oxygen atoms in total. The van der Waals surface area contributed by atoms with Gasteiger partial charge in [-0.25, -0.2) is 0 Å². The molecule has 0 unspecified atom stereocenters. The van der Waals surface area contributed by atoms with E-state index in [1.54, 1.807) is 31.4 Å². The number of anilines is 1. The van der Waals surface area contributed by atoms with Crippen molar-refractivity contribution < 1.29 is 14.3 Å². The first-order valence-electron chi connectivity index (χ1n) is 5.99. The smallest absolute Gasteiger partial charge is 0.235 e. The number of alkyl halides is 1. The molecule has 1 N–H and O–H groups in total. The quantitative estimate of drug-likeness (QED) is 0.845. The highest BCUT2D eigenvalue weighted by atomic mass is 79.9. The van der Waals surface area contributed by atoms with Crippen LogP contribution in [-0.4, -0.2) is 18.3 Å². The molecule has 2 rings (SSSR count). The summed E-state index contributed by atoms with van der Waals surface area (Å²) < 4.78 is 11.0. The number of carbonyl (C=O) groups is 1. The van der Waals surface area contributed by atoms with Crippen molar-refractivity contribution in [1.29, 1.82) is 0 Å². The molecule has 0 bridgehead atoms. The summed E-state index contributed by atoms with van der Waals surface area (Å²) in [6.07, 6.45) is 0. The van der Waals surface area contributed by atoms with Crippen LogP contribution >= 0.6 is 15.9 Å². The predicted octanol–water partition coefficient (Wildman–Crippen LogP) is 3.82. The zero-order valence-corrected chi connectivity index (χ0v) is 12.5. The molecule has 0 fully saturated rings. The molecule has 20 heavy (non-hydrogen) atoms. The molecule has 0 aromatic heterocycles. The number of methoxy groups -OCH3 is 1. The summed E-state index contributed by atoms with van der Waals surface area (Å²) in [5.41, 5.74) is 0.724. The fourth-order valence-electron chi connectivity index (χ4n) is 1.63. The van der Waals surface area contributed by atoms with E-state index in [1.807, 2.05) is 24.3 Å². The van der Waals surface area contributed by atoms with Gasteiger partial charge >= 0.3 is 0 Å². The minimum atomic E-state index is -0.0941. The Kier molecular flexibility index (Phi) is 5.01. The van der Waals surface area contributed by atoms with Gasteiger partial charge in [0.05, 0.1) is 12.4 Å². The van der Waals surface area contributed by atoms with Crippen molar-refractivity contribution in [1.82, 2.24) is 0 Å². The minimum Gasteiger partial charge on any atom is -0.493 e. The molecule has 0 aliphatic rings. The molecule has 0 spiro atoms. The standard InChI is InChI=1S/C15H14BrNO3/c1-19-13-4-2-3-5-14(13)20-12-8-6-11(7-9-12)17-15(18)10-16/h2-9H,10H2,1H3,(H,17,18). The third-order valence-electron chi connectivity index (χ3n) is 2.56. The van der Waals surface area contributed by atoms with Gasteiger partial charge in [-0.2, -0.15) is 0 Å². The van der Waals surface area contributed by atoms with Gasteiger partial charge in [-0.15, -0.1) is 0 Å². The zero-order chi connectivity index (χ0) is 14.4. The number of para-hydroxylation sites is 2. The summed E-state index contributed by atoms with van der Waals surface area (Å²) in [5, 5.41) is 3.01. The van der Waals surface area contributed by atoms with Gasteiger partial charge in [0.15, 0.2) is 11.5 Å². The van der Waals surface area contributed by atoms with Gasteiger partial charge in [0, 0.05) is 5.69 Å². The van der Waals surface area contributed by atoms with Crippen LogP contribution < -0.4 is 14.8 Å². The molecule has 5 heteroatoms. The molecule has 2 aromatic carbocycles. The number of halogens is 1. The second-order valence-corrected chi connectivity index (χ2v) is 4.52. The summed E-state index contributed by atoms with van der Waals surface area (Å²) in [5.74, 6) is 1.89. The minimum absolute atomic E-state index is 0.0941. The molecule has 0 radical (unpaired) electrons. The Morgan fingerprint density at radius 1 is 1.10 bits per heavy atom. The van der Waals surface area contributed by atoms with E-state index in [2.05, 4.69) is 21.2 Å². The van der Waals surface area contributed by atoms with Crippen molar-refractivity contribution in [2.24, 2.45) is 0 Å². The first kappa shape index (κ1) is 14.4. The van der Waals surface area contributed by atoms with E-state index in [1.165, 1.54) is 0 Å². The lowest BCUT2D eigenvalue weighted by atomic mass is 10.3. The number of hydrogen-bond donors (Lipinski definition) is 1. The number of hydrogen-bond acceptors (Lipinski definition) is 3. The van der Waals surface area contributed by atoms with Crippen LogP contribution in [0.15, 0.2) is 48.5 Å². The number of benzene rings is 2. The van der Waals surface area contributed by atoms with E-state index in [-0.39, 0.29) is 11.2 Å². The first-order valence-corrected chi connectivity index (χ1v) is 7.12. The maximum atomic E-state index is 11.2. The lowest BCUT2D eigenvalue weighted by molar-refractivity contribution is -0.113. The molecule has 0 aliphatic carbocycles. The second kappa shape index (κ2) is 6.96. The number of rotatable bonds is 5. The van der Waals surface area contributed by atoms with Crippen LogP contribution in [0, 0.1) is 0 Å². The zero-order valence-electron chi connectivity index (χ0n) is 10.9. The third-order valence-corrected chi connectivity index (χ3v) is 3.07. The van der Waals surface area contributed by atoms with Crippen molar-refractivity contribution in [3.8, 4) is 17.2 Å². The van der Waals surface area contributed by atoms with Crippen molar-refractivity contribution in [3.05, 3.63) is 48.5 Å². The van der Waals surface area contributed by atoms with Crippen molar-refractivity contribution in [3.63, 3.8) is 0 Å². The number of ether oxygens (including phenoxy) is 2. The van der Waals surface area contributed by atoms with Crippen molar-refractivity contribution in [2.45, 2.75) is 0 Å². The van der Waals surface area contributed by atoms with E-state index in [0.717, 1.165) is 5.69 Å². The van der Waals surface area contributed by atoms with Crippen LogP contribution in [0.1, 0.15) is 0 Å². The number of amides is 1. The molecule has 0 saturated heterocycles. The maximum Gasteiger partial charge on any atom is 0.235 e. The lowest BCUT2D eigenvalue weighted by Gasteiger charge is -2.10. The van der Waals surface area contributed by atoms with E-state index in [9.17, 15) is 4.79 Å². The van der Waals surface area contributed by atoms with Gasteiger partial charge in [0.1, 0.15) is 5.75 Å². The van der Waals surface area contributed by atoms with Crippen LogP contribution in [0.25, 0.3) is 0 Å². The van der Waals surface area contributed by atoms with E-state index >= 15 is 0 Å². The fraction of sp³-hybridized carbons (Fsp3) is 0.133. The normalized spacial score (nSPS) is 9.90. The summed E-state index contributed by atoms with van der Waals surface area (Å²) in [4.78, 5) is 11.2. The van der Waals surface area contributed by atoms with Crippen LogP contribution in [0.2, 0.25) is 0 Å². The van der Waals surface area contributed by atoms with Gasteiger partial charge in [-0.1, -0.05) is 28.1 Å². The van der Waals surface area contributed by atoms with Gasteiger partial charge in [0.25, 0.3) is 0 Å². The van der Waals surface area contributed by atoms with Gasteiger partial charge < -0.3 is 14.8 Å². The Labute approximate surface area is 125 Å². The fourth-order valence-corrected chi connectivity index (χ4v) is 1.77. The number of carbonyl (C=O) groups excluding carboxylic acids is 1. The van der Waals surface area contributed by atoms with Crippen LogP contribution in [0.5, 0.6) is 17.2 Å². The lowest BCUT2D eigenvalue weighted by Crippen LogP contribution is -2.11. The topological polar surface area (TPSA) is 47.6 Å². The van der Waals surface area contributed by atoms with E-state index in [4.69, 9.17) is 9.47 Å². The molecule has 1 amide bonds. The summed E-state index contributed by atoms with van der Waals surface area (Å²) in [7, 11) is 1.60. The Bertz CT molecular complexity index is 584. The summed E-state index contributed by atoms with van der Waals surface area (Å²) >= 11 is 3.10. The summed E-state index contributed by atoms with van der Waals surface area (Å²) in [6.45, 7) is 0. The average Bonchev–Trinajstić information content (AvgIpc) is 2.49. The Morgan fingerprint density at radius 3 is 2.35 bits per heavy atom. The Balaban J connectivity index is 2.09. The van der Waals surface area contributed by atoms with Crippen LogP contribution in [-0.2, 0) is 4.79 Å². The van der Waals surface area contributed by atoms with E-state index < -0.39 is 0 Å². The van der Waals surface area contributed by atoms with Crippen LogP contribution in [0.3, 0.4) is 0 Å². The molecule has 0 aliphatic heterocycles. The molecule has 0 atom stereocenters. The van der Waals surface area contributed by atoms with Crippen LogP contribution in [0.4, 0.5) is 5.69 Å². The van der Waals surface area contributed by atoms with Gasteiger partial charge in [0.2, 0.25) is 5.91 Å². The van der Waals surface area contributed by atoms with Crippen molar-refractivity contribution in [2.75, 3.05) is 17.8 Å². The predicted molar refractivity (Wildman–Crippen MR) is 81.9 cm³/mol. The molecule has 0 heterocycles. The Morgan fingerprint density at radius 2 is 1.75 bits per heavy atom. The molecule has 104 valence electrons. The average molecular weight is 336 g/mol. The third kappa shape index (κ3) is 3.74. The maximum absolute atomic E-state index is 11.2. The van der Waals surface area contributed by atoms with Crippen molar-refractivity contribution >= 4 is 27.5 Å². The highest BCUT2D eigenvalue weighted by molar-refractivity contribution is 9.09.